The molecule has 3 aromatic rings. The Labute approximate surface area is 146 Å². The van der Waals surface area contributed by atoms with Crippen LogP contribution in [0.2, 0.25) is 0 Å². The van der Waals surface area contributed by atoms with Crippen molar-refractivity contribution >= 4 is 27.6 Å². The van der Waals surface area contributed by atoms with Crippen molar-refractivity contribution in [1.82, 2.24) is 9.97 Å². The molecule has 26 heavy (non-hydrogen) atoms. The van der Waals surface area contributed by atoms with Crippen LogP contribution < -0.4 is 10.5 Å². The monoisotopic (exact) mass is 389 g/mol. The molecule has 1 amide bonds. The van der Waals surface area contributed by atoms with Crippen molar-refractivity contribution in [2.45, 2.75) is 12.8 Å². The Morgan fingerprint density at radius 1 is 1.27 bits per heavy atom. The van der Waals surface area contributed by atoms with Crippen LogP contribution in [0.15, 0.2) is 24.4 Å². The van der Waals surface area contributed by atoms with Crippen molar-refractivity contribution in [2.75, 3.05) is 0 Å². The Bertz CT molecular complexity index is 1000. The van der Waals surface area contributed by atoms with Gasteiger partial charge >= 0.3 is 6.18 Å². The SMILES string of the molecule is NC(=O)c1c(F)ccc(OCc2nc3cc(C(F)(F)F)cnc3s2)c1F. The van der Waals surface area contributed by atoms with Crippen molar-refractivity contribution in [3.05, 3.63) is 52.2 Å². The zero-order valence-electron chi connectivity index (χ0n) is 12.6. The number of pyridine rings is 1. The molecule has 136 valence electrons. The van der Waals surface area contributed by atoms with E-state index in [0.717, 1.165) is 29.5 Å². The number of carbonyl (C=O) groups excluding carboxylic acids is 1. The van der Waals surface area contributed by atoms with Gasteiger partial charge in [-0.05, 0) is 18.2 Å². The van der Waals surface area contributed by atoms with Crippen LogP contribution in [-0.4, -0.2) is 15.9 Å². The highest BCUT2D eigenvalue weighted by Gasteiger charge is 2.31. The topological polar surface area (TPSA) is 78.1 Å². The fourth-order valence-electron chi connectivity index (χ4n) is 2.10. The first-order valence-electron chi connectivity index (χ1n) is 6.90. The molecule has 0 unspecified atom stereocenters. The normalized spacial score (nSPS) is 11.7. The summed E-state index contributed by atoms with van der Waals surface area (Å²) in [5, 5.41) is 0.219. The molecule has 0 spiro atoms. The number of benzene rings is 1. The Kier molecular flexibility index (Phi) is 4.48. The number of amides is 1. The summed E-state index contributed by atoms with van der Waals surface area (Å²) >= 11 is 0.953. The number of rotatable bonds is 4. The molecule has 3 rings (SSSR count). The van der Waals surface area contributed by atoms with E-state index < -0.39 is 40.6 Å². The molecule has 11 heteroatoms. The number of hydrogen-bond donors (Lipinski definition) is 1. The van der Waals surface area contributed by atoms with Crippen LogP contribution >= 0.6 is 11.3 Å². The molecule has 2 N–H and O–H groups in total. The van der Waals surface area contributed by atoms with E-state index in [-0.39, 0.29) is 22.0 Å². The van der Waals surface area contributed by atoms with Gasteiger partial charge < -0.3 is 10.5 Å². The fraction of sp³-hybridized carbons (Fsp3) is 0.133. The van der Waals surface area contributed by atoms with Crippen molar-refractivity contribution in [3.8, 4) is 5.75 Å². The van der Waals surface area contributed by atoms with Crippen molar-refractivity contribution < 1.29 is 31.5 Å². The smallest absolute Gasteiger partial charge is 0.417 e. The van der Waals surface area contributed by atoms with E-state index in [4.69, 9.17) is 10.5 Å². The summed E-state index contributed by atoms with van der Waals surface area (Å²) in [5.41, 5.74) is 3.03. The average molecular weight is 389 g/mol. The molecule has 2 aromatic heterocycles. The number of ether oxygens (including phenoxy) is 1. The van der Waals surface area contributed by atoms with E-state index >= 15 is 0 Å². The molecular formula is C15H8F5N3O2S. The van der Waals surface area contributed by atoms with Crippen molar-refractivity contribution in [2.24, 2.45) is 5.73 Å². The number of carbonyl (C=O) groups is 1. The Morgan fingerprint density at radius 3 is 2.65 bits per heavy atom. The number of fused-ring (bicyclic) bond motifs is 1. The lowest BCUT2D eigenvalue weighted by molar-refractivity contribution is -0.137. The van der Waals surface area contributed by atoms with Crippen LogP contribution in [0, 0.1) is 11.6 Å². The second-order valence-electron chi connectivity index (χ2n) is 5.04. The maximum absolute atomic E-state index is 14.1. The zero-order chi connectivity index (χ0) is 19.1. The Morgan fingerprint density at radius 2 is 2.00 bits per heavy atom. The summed E-state index contributed by atoms with van der Waals surface area (Å²) in [5.74, 6) is -4.14. The summed E-state index contributed by atoms with van der Waals surface area (Å²) in [4.78, 5) is 19.0. The molecule has 5 nitrogen and oxygen atoms in total. The van der Waals surface area contributed by atoms with Crippen LogP contribution in [0.25, 0.3) is 10.3 Å². The summed E-state index contributed by atoms with van der Waals surface area (Å²) in [6.07, 6.45) is -3.87. The third-order valence-corrected chi connectivity index (χ3v) is 4.23. The van der Waals surface area contributed by atoms with E-state index in [9.17, 15) is 26.7 Å². The van der Waals surface area contributed by atoms with Gasteiger partial charge in [-0.3, -0.25) is 4.79 Å². The Balaban J connectivity index is 1.84. The number of alkyl halides is 3. The van der Waals surface area contributed by atoms with E-state index in [0.29, 0.717) is 6.20 Å². The quantitative estimate of drug-likeness (QED) is 0.691. The van der Waals surface area contributed by atoms with Gasteiger partial charge in [-0.25, -0.2) is 18.7 Å². The number of primary amides is 1. The highest BCUT2D eigenvalue weighted by Crippen LogP contribution is 2.32. The van der Waals surface area contributed by atoms with Crippen molar-refractivity contribution in [1.29, 1.82) is 0 Å². The second-order valence-corrected chi connectivity index (χ2v) is 6.10. The van der Waals surface area contributed by atoms with Crippen LogP contribution in [0.5, 0.6) is 5.75 Å². The van der Waals surface area contributed by atoms with E-state index in [2.05, 4.69) is 9.97 Å². The summed E-state index contributed by atoms with van der Waals surface area (Å²) in [7, 11) is 0. The molecule has 0 radical (unpaired) electrons. The molecule has 0 saturated heterocycles. The van der Waals surface area contributed by atoms with Gasteiger partial charge in [0, 0.05) is 6.20 Å². The lowest BCUT2D eigenvalue weighted by Gasteiger charge is -2.08. The molecular weight excluding hydrogens is 381 g/mol. The van der Waals surface area contributed by atoms with E-state index in [1.165, 1.54) is 0 Å². The van der Waals surface area contributed by atoms with Gasteiger partial charge in [-0.1, -0.05) is 11.3 Å². The predicted octanol–water partition coefficient (Wildman–Crippen LogP) is 3.67. The Hall–Kier alpha value is -2.82. The van der Waals surface area contributed by atoms with Crippen LogP contribution in [0.1, 0.15) is 20.9 Å². The van der Waals surface area contributed by atoms with Crippen LogP contribution in [-0.2, 0) is 12.8 Å². The number of hydrogen-bond acceptors (Lipinski definition) is 5. The van der Waals surface area contributed by atoms with Gasteiger partial charge in [0.05, 0.1) is 5.56 Å². The summed E-state index contributed by atoms with van der Waals surface area (Å²) in [6, 6.07) is 2.62. The lowest BCUT2D eigenvalue weighted by atomic mass is 10.2. The summed E-state index contributed by atoms with van der Waals surface area (Å²) in [6.45, 7) is -0.316. The molecule has 0 saturated carbocycles. The van der Waals surface area contributed by atoms with Gasteiger partial charge in [0.2, 0.25) is 0 Å². The molecule has 0 aliphatic carbocycles. The van der Waals surface area contributed by atoms with Crippen molar-refractivity contribution in [3.63, 3.8) is 0 Å². The molecule has 0 aliphatic rings. The van der Waals surface area contributed by atoms with Gasteiger partial charge in [0.15, 0.2) is 11.6 Å². The zero-order valence-corrected chi connectivity index (χ0v) is 13.4. The molecule has 2 heterocycles. The van der Waals surface area contributed by atoms with Crippen LogP contribution in [0.4, 0.5) is 22.0 Å². The van der Waals surface area contributed by atoms with E-state index in [1.54, 1.807) is 0 Å². The first-order chi connectivity index (χ1) is 12.2. The minimum absolute atomic E-state index is 0.0147. The fourth-order valence-corrected chi connectivity index (χ4v) is 2.89. The van der Waals surface area contributed by atoms with Crippen LogP contribution in [0.3, 0.4) is 0 Å². The second kappa shape index (κ2) is 6.48. The minimum atomic E-state index is -4.55. The summed E-state index contributed by atoms with van der Waals surface area (Å²) < 4.78 is 70.6. The highest BCUT2D eigenvalue weighted by atomic mass is 32.1. The lowest BCUT2D eigenvalue weighted by Crippen LogP contribution is -2.16. The molecule has 1 aromatic carbocycles. The molecule has 0 aliphatic heterocycles. The number of nitrogens with two attached hydrogens (primary N) is 1. The first-order valence-corrected chi connectivity index (χ1v) is 7.71. The first kappa shape index (κ1) is 18.0. The molecule has 0 bridgehead atoms. The highest BCUT2D eigenvalue weighted by molar-refractivity contribution is 7.18. The third kappa shape index (κ3) is 3.43. The molecule has 0 atom stereocenters. The van der Waals surface area contributed by atoms with Gasteiger partial charge in [-0.15, -0.1) is 0 Å². The number of aromatic nitrogens is 2. The number of thiazole rings is 1. The minimum Gasteiger partial charge on any atom is -0.483 e. The average Bonchev–Trinajstić information content (AvgIpc) is 2.95. The van der Waals surface area contributed by atoms with E-state index in [1.807, 2.05) is 0 Å². The van der Waals surface area contributed by atoms with Gasteiger partial charge in [-0.2, -0.15) is 13.2 Å². The van der Waals surface area contributed by atoms with Gasteiger partial charge in [0.1, 0.15) is 33.3 Å². The molecule has 0 fully saturated rings. The van der Waals surface area contributed by atoms with Gasteiger partial charge in [0.25, 0.3) is 5.91 Å². The number of nitrogens with zero attached hydrogens (tertiary/aromatic N) is 2. The number of halogens is 5. The maximum Gasteiger partial charge on any atom is 0.417 e. The third-order valence-electron chi connectivity index (χ3n) is 3.27. The maximum atomic E-state index is 14.1. The largest absolute Gasteiger partial charge is 0.483 e. The predicted molar refractivity (Wildman–Crippen MR) is 81.6 cm³/mol. The standard InChI is InChI=1S/C15H8F5N3O2S/c16-7-1-2-9(12(17)11(7)13(21)24)25-5-10-23-8-3-6(15(18,19)20)4-22-14(8)26-10/h1-4H,5H2,(H2,21,24).